The maximum Gasteiger partial charge on any atom is 0.149 e. The lowest BCUT2D eigenvalue weighted by Crippen LogP contribution is -2.01. The zero-order chi connectivity index (χ0) is 13.1. The molecule has 5 N–H and O–H groups in total. The predicted molar refractivity (Wildman–Crippen MR) is 75.2 cm³/mol. The maximum absolute atomic E-state index is 9.04. The predicted octanol–water partition coefficient (Wildman–Crippen LogP) is 2.62. The van der Waals surface area contributed by atoms with Gasteiger partial charge in [-0.15, -0.1) is 0 Å². The number of benzene rings is 1. The average molecular weight is 304 g/mol. The number of rotatable bonds is 2. The smallest absolute Gasteiger partial charge is 0.149 e. The van der Waals surface area contributed by atoms with Gasteiger partial charge in [-0.2, -0.15) is 5.26 Å². The third kappa shape index (κ3) is 2.52. The summed E-state index contributed by atoms with van der Waals surface area (Å²) in [5, 5.41) is 12.1. The second-order valence-electron chi connectivity index (χ2n) is 3.60. The van der Waals surface area contributed by atoms with Crippen LogP contribution in [0.1, 0.15) is 5.56 Å². The van der Waals surface area contributed by atoms with E-state index in [1.807, 2.05) is 6.07 Å². The second-order valence-corrected chi connectivity index (χ2v) is 4.51. The molecule has 0 aliphatic heterocycles. The summed E-state index contributed by atoms with van der Waals surface area (Å²) in [6, 6.07) is 10.8. The summed E-state index contributed by atoms with van der Waals surface area (Å²) in [5.74, 6) is 0.802. The minimum Gasteiger partial charge on any atom is -0.396 e. The van der Waals surface area contributed by atoms with Crippen LogP contribution < -0.4 is 16.8 Å². The first kappa shape index (κ1) is 12.2. The summed E-state index contributed by atoms with van der Waals surface area (Å²) >= 11 is 3.31. The minimum absolute atomic E-state index is 0.260. The summed E-state index contributed by atoms with van der Waals surface area (Å²) in [6.07, 6.45) is 0. The van der Waals surface area contributed by atoms with Crippen molar-refractivity contribution in [1.29, 1.82) is 5.26 Å². The van der Waals surface area contributed by atoms with Crippen molar-refractivity contribution in [3.63, 3.8) is 0 Å². The highest BCUT2D eigenvalue weighted by Gasteiger charge is 2.05. The molecule has 0 radical (unpaired) electrons. The van der Waals surface area contributed by atoms with Crippen molar-refractivity contribution >= 4 is 38.9 Å². The van der Waals surface area contributed by atoms with Gasteiger partial charge in [0.25, 0.3) is 0 Å². The molecule has 2 rings (SSSR count). The normalized spacial score (nSPS) is 9.78. The van der Waals surface area contributed by atoms with Crippen molar-refractivity contribution in [2.24, 2.45) is 0 Å². The van der Waals surface area contributed by atoms with Gasteiger partial charge in [-0.3, -0.25) is 0 Å². The molecule has 0 aliphatic rings. The zero-order valence-electron chi connectivity index (χ0n) is 9.31. The molecule has 0 bridgehead atoms. The van der Waals surface area contributed by atoms with Gasteiger partial charge in [-0.25, -0.2) is 4.98 Å². The van der Waals surface area contributed by atoms with Gasteiger partial charge >= 0.3 is 0 Å². The first-order valence-corrected chi connectivity index (χ1v) is 5.88. The molecule has 0 saturated carbocycles. The molecule has 1 heterocycles. The molecule has 1 aromatic carbocycles. The molecular weight excluding hydrogens is 294 g/mol. The molecular formula is C12H10BrN5. The molecule has 6 heteroatoms. The quantitative estimate of drug-likeness (QED) is 0.791. The van der Waals surface area contributed by atoms with Crippen LogP contribution in [-0.2, 0) is 0 Å². The van der Waals surface area contributed by atoms with Crippen LogP contribution in [0, 0.1) is 11.3 Å². The highest BCUT2D eigenvalue weighted by Crippen LogP contribution is 2.24. The molecule has 0 saturated heterocycles. The highest BCUT2D eigenvalue weighted by atomic mass is 79.9. The molecule has 0 spiro atoms. The number of nitriles is 1. The number of nitrogen functional groups attached to an aromatic ring is 2. The monoisotopic (exact) mass is 303 g/mol. The van der Waals surface area contributed by atoms with Crippen LogP contribution in [-0.4, -0.2) is 4.98 Å². The van der Waals surface area contributed by atoms with Crippen molar-refractivity contribution < 1.29 is 0 Å². The van der Waals surface area contributed by atoms with E-state index in [9.17, 15) is 0 Å². The number of nitrogens with one attached hydrogen (secondary N) is 1. The Morgan fingerprint density at radius 2 is 2.00 bits per heavy atom. The second kappa shape index (κ2) is 4.94. The first-order chi connectivity index (χ1) is 8.60. The van der Waals surface area contributed by atoms with Gasteiger partial charge in [0.05, 0.1) is 16.9 Å². The van der Waals surface area contributed by atoms with E-state index in [4.69, 9.17) is 16.7 Å². The van der Waals surface area contributed by atoms with E-state index < -0.39 is 0 Å². The average Bonchev–Trinajstić information content (AvgIpc) is 2.36. The molecule has 1 aromatic heterocycles. The topological polar surface area (TPSA) is 101 Å². The van der Waals surface area contributed by atoms with Gasteiger partial charge in [-0.05, 0) is 30.3 Å². The summed E-state index contributed by atoms with van der Waals surface area (Å²) < 4.78 is 0.842. The van der Waals surface area contributed by atoms with Crippen molar-refractivity contribution in [2.75, 3.05) is 16.8 Å². The number of anilines is 4. The van der Waals surface area contributed by atoms with E-state index in [0.29, 0.717) is 22.8 Å². The summed E-state index contributed by atoms with van der Waals surface area (Å²) in [6.45, 7) is 0. The lowest BCUT2D eigenvalue weighted by Gasteiger charge is -2.09. The molecule has 18 heavy (non-hydrogen) atoms. The number of hydrogen-bond donors (Lipinski definition) is 3. The van der Waals surface area contributed by atoms with Crippen LogP contribution in [0.2, 0.25) is 0 Å². The van der Waals surface area contributed by atoms with Crippen LogP contribution in [0.5, 0.6) is 0 Å². The van der Waals surface area contributed by atoms with Gasteiger partial charge in [0, 0.05) is 4.47 Å². The molecule has 0 unspecified atom stereocenters. The molecule has 2 aromatic rings. The van der Waals surface area contributed by atoms with E-state index in [1.165, 1.54) is 0 Å². The Bertz CT molecular complexity index is 633. The summed E-state index contributed by atoms with van der Waals surface area (Å²) in [4.78, 5) is 4.09. The maximum atomic E-state index is 9.04. The Hall–Kier alpha value is -2.26. The zero-order valence-corrected chi connectivity index (χ0v) is 10.9. The molecule has 0 amide bonds. The summed E-state index contributed by atoms with van der Waals surface area (Å²) in [5.41, 5.74) is 12.8. The van der Waals surface area contributed by atoms with E-state index in [-0.39, 0.29) is 5.82 Å². The van der Waals surface area contributed by atoms with Crippen molar-refractivity contribution in [2.45, 2.75) is 0 Å². The van der Waals surface area contributed by atoms with Crippen molar-refractivity contribution in [1.82, 2.24) is 4.98 Å². The molecule has 0 fully saturated rings. The Kier molecular flexibility index (Phi) is 3.35. The van der Waals surface area contributed by atoms with Gasteiger partial charge in [0.15, 0.2) is 0 Å². The third-order valence-electron chi connectivity index (χ3n) is 2.32. The number of halogens is 1. The van der Waals surface area contributed by atoms with Gasteiger partial charge in [0.1, 0.15) is 17.7 Å². The van der Waals surface area contributed by atoms with Crippen LogP contribution in [0.15, 0.2) is 34.8 Å². The Balaban J connectivity index is 2.34. The molecule has 90 valence electrons. The number of nitrogens with zero attached hydrogens (tertiary/aromatic N) is 2. The number of pyridine rings is 1. The minimum atomic E-state index is 0.260. The lowest BCUT2D eigenvalue weighted by atomic mass is 10.2. The number of nitrogens with two attached hydrogens (primary N) is 2. The van der Waals surface area contributed by atoms with E-state index >= 15 is 0 Å². The number of hydrogen-bond acceptors (Lipinski definition) is 5. The largest absolute Gasteiger partial charge is 0.396 e. The first-order valence-electron chi connectivity index (χ1n) is 5.09. The highest BCUT2D eigenvalue weighted by molar-refractivity contribution is 9.10. The summed E-state index contributed by atoms with van der Waals surface area (Å²) in [7, 11) is 0. The molecule has 0 atom stereocenters. The molecule has 0 aliphatic carbocycles. The fourth-order valence-electron chi connectivity index (χ4n) is 1.41. The van der Waals surface area contributed by atoms with Crippen molar-refractivity contribution in [3.05, 3.63) is 40.4 Å². The van der Waals surface area contributed by atoms with E-state index in [0.717, 1.165) is 4.47 Å². The fraction of sp³-hybridized carbons (Fsp3) is 0. The van der Waals surface area contributed by atoms with Crippen LogP contribution in [0.4, 0.5) is 23.0 Å². The SMILES string of the molecule is N#Cc1cc(Br)ccc1Nc1ccc(N)c(N)n1. The Labute approximate surface area is 113 Å². The van der Waals surface area contributed by atoms with Gasteiger partial charge in [-0.1, -0.05) is 15.9 Å². The van der Waals surface area contributed by atoms with Crippen molar-refractivity contribution in [3.8, 4) is 6.07 Å². The molecule has 5 nitrogen and oxygen atoms in total. The van der Waals surface area contributed by atoms with Gasteiger partial charge < -0.3 is 16.8 Å². The number of aromatic nitrogens is 1. The van der Waals surface area contributed by atoms with Crippen LogP contribution >= 0.6 is 15.9 Å². The third-order valence-corrected chi connectivity index (χ3v) is 2.82. The Morgan fingerprint density at radius 1 is 1.22 bits per heavy atom. The van der Waals surface area contributed by atoms with Gasteiger partial charge in [0.2, 0.25) is 0 Å². The lowest BCUT2D eigenvalue weighted by molar-refractivity contribution is 1.31. The van der Waals surface area contributed by atoms with Crippen LogP contribution in [0.3, 0.4) is 0 Å². The van der Waals surface area contributed by atoms with Crippen LogP contribution in [0.25, 0.3) is 0 Å². The standard InChI is InChI=1S/C12H10BrN5/c13-8-1-3-10(7(5-8)6-14)17-11-4-2-9(15)12(16)18-11/h1-5H,15H2,(H3,16,17,18). The fourth-order valence-corrected chi connectivity index (χ4v) is 1.77. The Morgan fingerprint density at radius 3 is 2.67 bits per heavy atom. The van der Waals surface area contributed by atoms with E-state index in [2.05, 4.69) is 32.3 Å². The van der Waals surface area contributed by atoms with E-state index in [1.54, 1.807) is 24.3 Å².